The highest BCUT2D eigenvalue weighted by Crippen LogP contribution is 2.27. The van der Waals surface area contributed by atoms with E-state index in [1.165, 1.54) is 12.1 Å². The molecule has 3 heteroatoms. The first-order chi connectivity index (χ1) is 7.70. The molecule has 2 rings (SSSR count). The number of rotatable bonds is 2. The molecule has 0 amide bonds. The van der Waals surface area contributed by atoms with Gasteiger partial charge in [-0.05, 0) is 30.0 Å². The Labute approximate surface area is 95.8 Å². The van der Waals surface area contributed by atoms with E-state index in [1.54, 1.807) is 7.11 Å². The van der Waals surface area contributed by atoms with Crippen molar-refractivity contribution in [2.45, 2.75) is 25.5 Å². The van der Waals surface area contributed by atoms with E-state index in [2.05, 4.69) is 12.2 Å². The van der Waals surface area contributed by atoms with E-state index in [1.807, 2.05) is 12.1 Å². The fourth-order valence-corrected chi connectivity index (χ4v) is 2.29. The molecule has 0 saturated carbocycles. The van der Waals surface area contributed by atoms with Crippen molar-refractivity contribution in [3.8, 4) is 0 Å². The Balaban J connectivity index is 2.08. The normalized spacial score (nSPS) is 30.3. The second-order valence-electron chi connectivity index (χ2n) is 4.50. The Morgan fingerprint density at radius 1 is 1.31 bits per heavy atom. The molecule has 16 heavy (non-hydrogen) atoms. The van der Waals surface area contributed by atoms with Crippen LogP contribution in [0.1, 0.15) is 24.9 Å². The number of piperidine rings is 1. The van der Waals surface area contributed by atoms with Crippen molar-refractivity contribution >= 4 is 0 Å². The molecule has 1 fully saturated rings. The maximum Gasteiger partial charge on any atom is 0.123 e. The van der Waals surface area contributed by atoms with Gasteiger partial charge in [0, 0.05) is 19.7 Å². The zero-order valence-electron chi connectivity index (χ0n) is 9.74. The molecule has 1 N–H and O–H groups in total. The van der Waals surface area contributed by atoms with Gasteiger partial charge in [0.1, 0.15) is 5.82 Å². The molecule has 0 aromatic heterocycles. The molecule has 3 atom stereocenters. The molecule has 1 aromatic carbocycles. The number of nitrogens with one attached hydrogen (secondary N) is 1. The molecule has 0 aliphatic carbocycles. The Morgan fingerprint density at radius 3 is 2.62 bits per heavy atom. The van der Waals surface area contributed by atoms with E-state index in [9.17, 15) is 4.39 Å². The van der Waals surface area contributed by atoms with Crippen molar-refractivity contribution in [2.24, 2.45) is 5.92 Å². The van der Waals surface area contributed by atoms with Gasteiger partial charge in [0.15, 0.2) is 0 Å². The van der Waals surface area contributed by atoms with Crippen LogP contribution in [-0.2, 0) is 4.74 Å². The van der Waals surface area contributed by atoms with Gasteiger partial charge in [0.25, 0.3) is 0 Å². The highest BCUT2D eigenvalue weighted by atomic mass is 19.1. The summed E-state index contributed by atoms with van der Waals surface area (Å²) < 4.78 is 18.3. The van der Waals surface area contributed by atoms with E-state index in [0.717, 1.165) is 18.5 Å². The van der Waals surface area contributed by atoms with Crippen LogP contribution in [0, 0.1) is 11.7 Å². The lowest BCUT2D eigenvalue weighted by Crippen LogP contribution is -2.41. The highest BCUT2D eigenvalue weighted by molar-refractivity contribution is 5.20. The van der Waals surface area contributed by atoms with Gasteiger partial charge < -0.3 is 10.1 Å². The summed E-state index contributed by atoms with van der Waals surface area (Å²) >= 11 is 0. The van der Waals surface area contributed by atoms with Gasteiger partial charge in [-0.2, -0.15) is 0 Å². The summed E-state index contributed by atoms with van der Waals surface area (Å²) in [7, 11) is 1.76. The van der Waals surface area contributed by atoms with Crippen LogP contribution in [-0.4, -0.2) is 19.8 Å². The average Bonchev–Trinajstić information content (AvgIpc) is 2.31. The second-order valence-corrected chi connectivity index (χ2v) is 4.50. The molecule has 88 valence electrons. The monoisotopic (exact) mass is 223 g/mol. The summed E-state index contributed by atoms with van der Waals surface area (Å²) in [5.74, 6) is 0.345. The SMILES string of the molecule is COC1C[C@H](c2ccc(F)cc2)NC[C@H]1C. The van der Waals surface area contributed by atoms with Gasteiger partial charge in [-0.1, -0.05) is 19.1 Å². The van der Waals surface area contributed by atoms with Gasteiger partial charge >= 0.3 is 0 Å². The van der Waals surface area contributed by atoms with Gasteiger partial charge in [-0.15, -0.1) is 0 Å². The van der Waals surface area contributed by atoms with Crippen LogP contribution in [0.3, 0.4) is 0 Å². The molecule has 0 radical (unpaired) electrons. The molecule has 1 unspecified atom stereocenters. The second kappa shape index (κ2) is 4.93. The maximum atomic E-state index is 12.8. The number of hydrogen-bond donors (Lipinski definition) is 1. The molecule has 2 nitrogen and oxygen atoms in total. The van der Waals surface area contributed by atoms with Gasteiger partial charge in [0.2, 0.25) is 0 Å². The number of halogens is 1. The average molecular weight is 223 g/mol. The van der Waals surface area contributed by atoms with Crippen molar-refractivity contribution in [3.05, 3.63) is 35.6 Å². The van der Waals surface area contributed by atoms with E-state index < -0.39 is 0 Å². The quantitative estimate of drug-likeness (QED) is 0.831. The summed E-state index contributed by atoms with van der Waals surface area (Å²) in [5.41, 5.74) is 1.13. The van der Waals surface area contributed by atoms with Crippen LogP contribution in [0.2, 0.25) is 0 Å². The zero-order valence-corrected chi connectivity index (χ0v) is 9.74. The summed E-state index contributed by atoms with van der Waals surface area (Å²) in [4.78, 5) is 0. The van der Waals surface area contributed by atoms with Crippen molar-refractivity contribution in [1.29, 1.82) is 0 Å². The van der Waals surface area contributed by atoms with Crippen molar-refractivity contribution in [3.63, 3.8) is 0 Å². The first kappa shape index (κ1) is 11.6. The van der Waals surface area contributed by atoms with E-state index in [4.69, 9.17) is 4.74 Å². The Morgan fingerprint density at radius 2 is 2.00 bits per heavy atom. The minimum atomic E-state index is -0.184. The molecule has 0 bridgehead atoms. The molecular formula is C13H18FNO. The van der Waals surface area contributed by atoms with Crippen LogP contribution < -0.4 is 5.32 Å². The predicted molar refractivity (Wildman–Crippen MR) is 61.7 cm³/mol. The molecule has 1 saturated heterocycles. The fraction of sp³-hybridized carbons (Fsp3) is 0.538. The lowest BCUT2D eigenvalue weighted by molar-refractivity contribution is 0.0236. The predicted octanol–water partition coefficient (Wildman–Crippen LogP) is 2.51. The molecule has 0 spiro atoms. The van der Waals surface area contributed by atoms with Crippen LogP contribution in [0.15, 0.2) is 24.3 Å². The van der Waals surface area contributed by atoms with E-state index in [0.29, 0.717) is 5.92 Å². The van der Waals surface area contributed by atoms with E-state index in [-0.39, 0.29) is 18.0 Å². The van der Waals surface area contributed by atoms with Crippen molar-refractivity contribution in [2.75, 3.05) is 13.7 Å². The number of benzene rings is 1. The lowest BCUT2D eigenvalue weighted by Gasteiger charge is -2.34. The first-order valence-corrected chi connectivity index (χ1v) is 5.72. The van der Waals surface area contributed by atoms with Crippen molar-refractivity contribution < 1.29 is 9.13 Å². The van der Waals surface area contributed by atoms with Crippen LogP contribution in [0.25, 0.3) is 0 Å². The lowest BCUT2D eigenvalue weighted by atomic mass is 9.89. The van der Waals surface area contributed by atoms with Gasteiger partial charge in [0.05, 0.1) is 6.10 Å². The number of methoxy groups -OCH3 is 1. The van der Waals surface area contributed by atoms with Crippen molar-refractivity contribution in [1.82, 2.24) is 5.32 Å². The number of hydrogen-bond acceptors (Lipinski definition) is 2. The molecule has 1 aliphatic heterocycles. The fourth-order valence-electron chi connectivity index (χ4n) is 2.29. The Bertz CT molecular complexity index is 338. The number of ether oxygens (including phenoxy) is 1. The Kier molecular flexibility index (Phi) is 3.56. The van der Waals surface area contributed by atoms with E-state index >= 15 is 0 Å². The molecule has 1 aromatic rings. The van der Waals surface area contributed by atoms with Gasteiger partial charge in [-0.3, -0.25) is 0 Å². The Hall–Kier alpha value is -0.930. The highest BCUT2D eigenvalue weighted by Gasteiger charge is 2.27. The zero-order chi connectivity index (χ0) is 11.5. The minimum absolute atomic E-state index is 0.184. The third kappa shape index (κ3) is 2.42. The molecular weight excluding hydrogens is 205 g/mol. The molecule has 1 aliphatic rings. The minimum Gasteiger partial charge on any atom is -0.381 e. The summed E-state index contributed by atoms with van der Waals surface area (Å²) in [6.07, 6.45) is 1.24. The first-order valence-electron chi connectivity index (χ1n) is 5.72. The van der Waals surface area contributed by atoms with Crippen LogP contribution in [0.4, 0.5) is 4.39 Å². The smallest absolute Gasteiger partial charge is 0.123 e. The third-order valence-electron chi connectivity index (χ3n) is 3.36. The summed E-state index contributed by atoms with van der Waals surface area (Å²) in [6.45, 7) is 3.13. The standard InChI is InChI=1S/C13H18FNO/c1-9-8-15-12(7-13(9)16-2)10-3-5-11(14)6-4-10/h3-6,9,12-13,15H,7-8H2,1-2H3/t9-,12-,13?/m1/s1. The maximum absolute atomic E-state index is 12.8. The third-order valence-corrected chi connectivity index (χ3v) is 3.36. The van der Waals surface area contributed by atoms with Crippen LogP contribution in [0.5, 0.6) is 0 Å². The topological polar surface area (TPSA) is 21.3 Å². The molecule has 1 heterocycles. The van der Waals surface area contributed by atoms with Gasteiger partial charge in [-0.25, -0.2) is 4.39 Å². The van der Waals surface area contributed by atoms with Crippen LogP contribution >= 0.6 is 0 Å². The summed E-state index contributed by atoms with van der Waals surface area (Å²) in [6, 6.07) is 6.99. The summed E-state index contributed by atoms with van der Waals surface area (Å²) in [5, 5.41) is 3.47. The largest absolute Gasteiger partial charge is 0.381 e.